The molecule has 2 aliphatic heterocycles. The second-order valence-corrected chi connectivity index (χ2v) is 18.5. The van der Waals surface area contributed by atoms with Crippen molar-refractivity contribution in [3.63, 3.8) is 0 Å². The van der Waals surface area contributed by atoms with E-state index in [1.165, 1.54) is 77.2 Å². The summed E-state index contributed by atoms with van der Waals surface area (Å²) in [6, 6.07) is 54.2. The first-order chi connectivity index (χ1) is 22.0. The van der Waals surface area contributed by atoms with Crippen LogP contribution in [0.4, 0.5) is 34.1 Å². The van der Waals surface area contributed by atoms with E-state index >= 15 is 0 Å². The van der Waals surface area contributed by atoms with Crippen LogP contribution in [0.2, 0.25) is 19.6 Å². The zero-order valence-electron chi connectivity index (χ0n) is 25.8. The second-order valence-electron chi connectivity index (χ2n) is 13.4. The fourth-order valence-electron chi connectivity index (χ4n) is 7.64. The summed E-state index contributed by atoms with van der Waals surface area (Å²) in [7, 11) is -1.74. The van der Waals surface area contributed by atoms with Gasteiger partial charge in [-0.15, -0.1) is 0 Å². The molecule has 7 aromatic rings. The maximum atomic E-state index is 2.56. The Balaban J connectivity index is 1.49. The Bertz CT molecular complexity index is 2120. The maximum Gasteiger partial charge on any atom is 0.252 e. The van der Waals surface area contributed by atoms with Crippen LogP contribution in [0.25, 0.3) is 21.5 Å². The van der Waals surface area contributed by atoms with E-state index in [2.05, 4.69) is 175 Å². The molecule has 2 heterocycles. The Hall–Kier alpha value is -5.06. The molecular weight excluding hydrogens is 559 g/mol. The minimum Gasteiger partial charge on any atom is -0.311 e. The topological polar surface area (TPSA) is 6.48 Å². The molecule has 214 valence electrons. The zero-order chi connectivity index (χ0) is 30.3. The summed E-state index contributed by atoms with van der Waals surface area (Å²) in [5.74, 6) is 0. The first-order valence-corrected chi connectivity index (χ1v) is 19.4. The predicted octanol–water partition coefficient (Wildman–Crippen LogP) is 8.62. The molecule has 7 aromatic carbocycles. The van der Waals surface area contributed by atoms with Crippen molar-refractivity contribution in [1.82, 2.24) is 0 Å². The number of fused-ring (bicyclic) bond motifs is 8. The van der Waals surface area contributed by atoms with Crippen LogP contribution in [-0.2, 0) is 0 Å². The number of para-hydroxylation sites is 2. The van der Waals surface area contributed by atoms with Crippen molar-refractivity contribution in [2.24, 2.45) is 0 Å². The van der Waals surface area contributed by atoms with Crippen molar-refractivity contribution < 1.29 is 0 Å². The standard InChI is InChI=1S/C41H33BN2Si/c1-45(2,3)32-26-37-39-38(27-32)44(31-18-8-5-9-19-31)41-34-21-13-11-15-29(34)23-25-36(41)42(39)35-24-22-28-14-10-12-20-33(28)40(35)43(37)30-16-6-4-7-17-30/h4-27H,1-3H3. The summed E-state index contributed by atoms with van der Waals surface area (Å²) >= 11 is 0. The molecule has 0 saturated heterocycles. The number of hydrogen-bond acceptors (Lipinski definition) is 2. The third kappa shape index (κ3) is 3.89. The van der Waals surface area contributed by atoms with Gasteiger partial charge in [-0.1, -0.05) is 134 Å². The zero-order valence-corrected chi connectivity index (χ0v) is 26.8. The van der Waals surface area contributed by atoms with Gasteiger partial charge in [0, 0.05) is 44.9 Å². The van der Waals surface area contributed by atoms with Crippen LogP contribution in [0.15, 0.2) is 146 Å². The lowest BCUT2D eigenvalue weighted by molar-refractivity contribution is 1.27. The fraction of sp³-hybridized carbons (Fsp3) is 0.0732. The number of rotatable bonds is 3. The van der Waals surface area contributed by atoms with E-state index in [4.69, 9.17) is 0 Å². The summed E-state index contributed by atoms with van der Waals surface area (Å²) in [4.78, 5) is 5.12. The quantitative estimate of drug-likeness (QED) is 0.190. The van der Waals surface area contributed by atoms with Gasteiger partial charge in [0.1, 0.15) is 0 Å². The first kappa shape index (κ1) is 26.4. The van der Waals surface area contributed by atoms with Gasteiger partial charge in [-0.3, -0.25) is 0 Å². The molecule has 0 saturated carbocycles. The third-order valence-corrected chi connectivity index (χ3v) is 11.8. The van der Waals surface area contributed by atoms with Crippen molar-refractivity contribution in [2.45, 2.75) is 19.6 Å². The van der Waals surface area contributed by atoms with Gasteiger partial charge in [-0.2, -0.15) is 0 Å². The van der Waals surface area contributed by atoms with Gasteiger partial charge in [0.05, 0.1) is 8.07 Å². The number of hydrogen-bond donors (Lipinski definition) is 0. The summed E-state index contributed by atoms with van der Waals surface area (Å²) in [6.45, 7) is 7.51. The van der Waals surface area contributed by atoms with Crippen molar-refractivity contribution in [3.8, 4) is 0 Å². The molecule has 4 heteroatoms. The van der Waals surface area contributed by atoms with Crippen molar-refractivity contribution >= 4 is 92.0 Å². The van der Waals surface area contributed by atoms with Crippen LogP contribution in [0.3, 0.4) is 0 Å². The molecule has 2 aliphatic rings. The third-order valence-electron chi connectivity index (χ3n) is 9.73. The first-order valence-electron chi connectivity index (χ1n) is 15.9. The summed E-state index contributed by atoms with van der Waals surface area (Å²) in [5, 5.41) is 6.57. The van der Waals surface area contributed by atoms with Crippen molar-refractivity contribution in [2.75, 3.05) is 9.80 Å². The van der Waals surface area contributed by atoms with Crippen LogP contribution in [-0.4, -0.2) is 14.8 Å². The smallest absolute Gasteiger partial charge is 0.252 e. The fourth-order valence-corrected chi connectivity index (χ4v) is 8.78. The molecule has 0 radical (unpaired) electrons. The average Bonchev–Trinajstić information content (AvgIpc) is 3.08. The predicted molar refractivity (Wildman–Crippen MR) is 198 cm³/mol. The van der Waals surface area contributed by atoms with E-state index in [-0.39, 0.29) is 6.71 Å². The molecule has 0 atom stereocenters. The Kier molecular flexibility index (Phi) is 5.69. The summed E-state index contributed by atoms with van der Waals surface area (Å²) < 4.78 is 0. The monoisotopic (exact) mass is 592 g/mol. The van der Waals surface area contributed by atoms with Gasteiger partial charge in [0.15, 0.2) is 0 Å². The Labute approximate surface area is 266 Å². The molecule has 2 nitrogen and oxygen atoms in total. The molecule has 0 bridgehead atoms. The van der Waals surface area contributed by atoms with E-state index in [9.17, 15) is 0 Å². The molecule has 0 spiro atoms. The Morgan fingerprint density at radius 3 is 1.33 bits per heavy atom. The van der Waals surface area contributed by atoms with Crippen LogP contribution in [0, 0.1) is 0 Å². The van der Waals surface area contributed by atoms with Crippen LogP contribution >= 0.6 is 0 Å². The maximum absolute atomic E-state index is 2.56. The lowest BCUT2D eigenvalue weighted by Gasteiger charge is -2.45. The molecule has 45 heavy (non-hydrogen) atoms. The van der Waals surface area contributed by atoms with Gasteiger partial charge in [-0.25, -0.2) is 0 Å². The Morgan fingerprint density at radius 1 is 0.467 bits per heavy atom. The van der Waals surface area contributed by atoms with Gasteiger partial charge >= 0.3 is 0 Å². The van der Waals surface area contributed by atoms with Gasteiger partial charge in [0.2, 0.25) is 0 Å². The van der Waals surface area contributed by atoms with Gasteiger partial charge in [-0.05, 0) is 63.6 Å². The minimum absolute atomic E-state index is 0.102. The van der Waals surface area contributed by atoms with E-state index in [1.807, 2.05) is 0 Å². The largest absolute Gasteiger partial charge is 0.311 e. The van der Waals surface area contributed by atoms with Crippen LogP contribution in [0.1, 0.15) is 0 Å². The summed E-state index contributed by atoms with van der Waals surface area (Å²) in [5.41, 5.74) is 11.7. The molecule has 9 rings (SSSR count). The lowest BCUT2D eigenvalue weighted by atomic mass is 9.33. The van der Waals surface area contributed by atoms with E-state index < -0.39 is 8.07 Å². The molecule has 0 aliphatic carbocycles. The minimum atomic E-state index is -1.74. The summed E-state index contributed by atoms with van der Waals surface area (Å²) in [6.07, 6.45) is 0. The van der Waals surface area contributed by atoms with E-state index in [0.29, 0.717) is 0 Å². The molecule has 0 amide bonds. The average molecular weight is 593 g/mol. The molecule has 0 aromatic heterocycles. The molecular formula is C41H33BN2Si. The van der Waals surface area contributed by atoms with E-state index in [1.54, 1.807) is 0 Å². The highest BCUT2D eigenvalue weighted by Crippen LogP contribution is 2.46. The van der Waals surface area contributed by atoms with Gasteiger partial charge < -0.3 is 9.80 Å². The number of benzene rings is 7. The lowest BCUT2D eigenvalue weighted by Crippen LogP contribution is -2.62. The number of anilines is 6. The number of nitrogens with zero attached hydrogens (tertiary/aromatic N) is 2. The van der Waals surface area contributed by atoms with Gasteiger partial charge in [0.25, 0.3) is 6.71 Å². The highest BCUT2D eigenvalue weighted by molar-refractivity contribution is 7.01. The molecule has 0 unspecified atom stereocenters. The Morgan fingerprint density at radius 2 is 0.889 bits per heavy atom. The van der Waals surface area contributed by atoms with Crippen molar-refractivity contribution in [1.29, 1.82) is 0 Å². The highest BCUT2D eigenvalue weighted by atomic mass is 28.3. The SMILES string of the molecule is C[Si](C)(C)c1cc2c3c(c1)N(c1ccccc1)c1c(ccc4ccccc14)B3c1ccc3ccccc3c1N2c1ccccc1. The molecule has 0 N–H and O–H groups in total. The second kappa shape index (κ2) is 9.72. The van der Waals surface area contributed by atoms with Crippen molar-refractivity contribution in [3.05, 3.63) is 146 Å². The van der Waals surface area contributed by atoms with E-state index in [0.717, 1.165) is 0 Å². The highest BCUT2D eigenvalue weighted by Gasteiger charge is 2.45. The normalized spacial score (nSPS) is 13.5. The molecule has 0 fully saturated rings. The van der Waals surface area contributed by atoms with Crippen LogP contribution < -0.4 is 31.4 Å². The van der Waals surface area contributed by atoms with Crippen LogP contribution in [0.5, 0.6) is 0 Å².